The lowest BCUT2D eigenvalue weighted by Crippen LogP contribution is -2.59. The van der Waals surface area contributed by atoms with Crippen molar-refractivity contribution in [3.63, 3.8) is 0 Å². The number of hydrogen-bond donors (Lipinski definition) is 1. The highest BCUT2D eigenvalue weighted by molar-refractivity contribution is 6.02. The van der Waals surface area contributed by atoms with Crippen molar-refractivity contribution in [1.82, 2.24) is 9.91 Å². The number of aromatic hydroxyl groups is 1. The molecular formula is C28H29N3O3. The molecule has 34 heavy (non-hydrogen) atoms. The third-order valence-electron chi connectivity index (χ3n) is 7.31. The van der Waals surface area contributed by atoms with Crippen LogP contribution in [-0.4, -0.2) is 46.7 Å². The van der Waals surface area contributed by atoms with Crippen LogP contribution in [0.15, 0.2) is 77.9 Å². The Bertz CT molecular complexity index is 1220. The molecule has 0 aliphatic carbocycles. The Morgan fingerprint density at radius 1 is 1.03 bits per heavy atom. The lowest BCUT2D eigenvalue weighted by molar-refractivity contribution is -0.150. The van der Waals surface area contributed by atoms with Crippen molar-refractivity contribution in [2.75, 3.05) is 20.2 Å². The first-order chi connectivity index (χ1) is 16.6. The number of fused-ring (bicyclic) bond motifs is 4. The normalized spacial score (nSPS) is 20.9. The predicted molar refractivity (Wildman–Crippen MR) is 131 cm³/mol. The smallest absolute Gasteiger partial charge is 0.200 e. The second-order valence-electron chi connectivity index (χ2n) is 9.35. The van der Waals surface area contributed by atoms with Crippen molar-refractivity contribution in [1.29, 1.82) is 0 Å². The van der Waals surface area contributed by atoms with E-state index in [9.17, 15) is 5.11 Å². The third kappa shape index (κ3) is 3.59. The summed E-state index contributed by atoms with van der Waals surface area (Å²) in [6, 6.07) is 24.6. The van der Waals surface area contributed by atoms with Gasteiger partial charge in [-0.1, -0.05) is 48.5 Å². The van der Waals surface area contributed by atoms with E-state index in [0.717, 1.165) is 55.9 Å². The molecule has 0 saturated carbocycles. The predicted octanol–water partition coefficient (Wildman–Crippen LogP) is 4.94. The first-order valence-electron chi connectivity index (χ1n) is 11.9. The Morgan fingerprint density at radius 2 is 1.79 bits per heavy atom. The van der Waals surface area contributed by atoms with E-state index in [1.165, 1.54) is 11.1 Å². The van der Waals surface area contributed by atoms with Crippen molar-refractivity contribution in [2.24, 2.45) is 5.10 Å². The summed E-state index contributed by atoms with van der Waals surface area (Å²) in [5, 5.41) is 17.4. The molecule has 0 radical (unpaired) electrons. The number of ether oxygens (including phenoxy) is 2. The van der Waals surface area contributed by atoms with Crippen LogP contribution in [0.1, 0.15) is 42.0 Å². The van der Waals surface area contributed by atoms with Crippen LogP contribution in [0.4, 0.5) is 0 Å². The van der Waals surface area contributed by atoms with Crippen LogP contribution in [0.5, 0.6) is 17.2 Å². The zero-order valence-corrected chi connectivity index (χ0v) is 19.4. The first-order valence-corrected chi connectivity index (χ1v) is 11.9. The second kappa shape index (κ2) is 8.37. The summed E-state index contributed by atoms with van der Waals surface area (Å²) in [5.74, 6) is 1.57. The molecule has 0 aromatic heterocycles. The fourth-order valence-corrected chi connectivity index (χ4v) is 5.49. The maximum absolute atomic E-state index is 10.0. The number of hydrogen-bond acceptors (Lipinski definition) is 6. The second-order valence-corrected chi connectivity index (χ2v) is 9.35. The number of hydrazone groups is 1. The first kappa shape index (κ1) is 21.1. The molecule has 1 saturated heterocycles. The minimum Gasteiger partial charge on any atom is -0.504 e. The van der Waals surface area contributed by atoms with Gasteiger partial charge in [0.05, 0.1) is 18.9 Å². The number of nitrogens with zero attached hydrogens (tertiary/aromatic N) is 3. The van der Waals surface area contributed by atoms with Crippen molar-refractivity contribution >= 4 is 5.71 Å². The number of phenols is 1. The zero-order valence-electron chi connectivity index (χ0n) is 19.4. The van der Waals surface area contributed by atoms with Gasteiger partial charge < -0.3 is 14.6 Å². The molecule has 0 bridgehead atoms. The molecule has 3 aromatic carbocycles. The van der Waals surface area contributed by atoms with E-state index < -0.39 is 5.72 Å². The molecule has 3 aliphatic rings. The molecule has 174 valence electrons. The summed E-state index contributed by atoms with van der Waals surface area (Å²) in [6.45, 7) is 2.87. The Morgan fingerprint density at radius 3 is 2.59 bits per heavy atom. The van der Waals surface area contributed by atoms with E-state index in [0.29, 0.717) is 5.75 Å². The van der Waals surface area contributed by atoms with Crippen LogP contribution < -0.4 is 9.47 Å². The number of para-hydroxylation sites is 1. The SMILES string of the molecule is COc1cc(C2=NN3[C@H](C2)c2ccccc2OC32CCN(Cc3ccccc3)CC2)ccc1O. The number of benzene rings is 3. The molecule has 1 spiro atoms. The molecule has 6 heteroatoms. The number of likely N-dealkylation sites (tertiary alicyclic amines) is 1. The highest BCUT2D eigenvalue weighted by Gasteiger charge is 2.51. The third-order valence-corrected chi connectivity index (χ3v) is 7.31. The van der Waals surface area contributed by atoms with Gasteiger partial charge in [-0.3, -0.25) is 4.90 Å². The summed E-state index contributed by atoms with van der Waals surface area (Å²) < 4.78 is 12.1. The van der Waals surface area contributed by atoms with Crippen LogP contribution in [0.3, 0.4) is 0 Å². The topological polar surface area (TPSA) is 57.5 Å². The molecule has 1 N–H and O–H groups in total. The molecule has 6 nitrogen and oxygen atoms in total. The highest BCUT2D eigenvalue weighted by atomic mass is 16.5. The van der Waals surface area contributed by atoms with Crippen molar-refractivity contribution in [2.45, 2.75) is 37.6 Å². The molecule has 3 aliphatic heterocycles. The number of rotatable bonds is 4. The van der Waals surface area contributed by atoms with Gasteiger partial charge in [-0.05, 0) is 29.8 Å². The number of methoxy groups -OCH3 is 1. The van der Waals surface area contributed by atoms with Gasteiger partial charge in [0.2, 0.25) is 5.72 Å². The van der Waals surface area contributed by atoms with E-state index in [1.807, 2.05) is 18.2 Å². The lowest BCUT2D eigenvalue weighted by Gasteiger charge is -2.51. The Hall–Kier alpha value is -3.51. The van der Waals surface area contributed by atoms with Gasteiger partial charge in [0, 0.05) is 50.0 Å². The van der Waals surface area contributed by atoms with Crippen LogP contribution in [-0.2, 0) is 6.54 Å². The van der Waals surface area contributed by atoms with Gasteiger partial charge in [0.15, 0.2) is 11.5 Å². The van der Waals surface area contributed by atoms with Gasteiger partial charge in [-0.15, -0.1) is 0 Å². The van der Waals surface area contributed by atoms with E-state index in [-0.39, 0.29) is 11.8 Å². The number of phenolic OH excluding ortho intramolecular Hbond substituents is 1. The van der Waals surface area contributed by atoms with Crippen molar-refractivity contribution in [3.8, 4) is 17.2 Å². The molecule has 0 amide bonds. The summed E-state index contributed by atoms with van der Waals surface area (Å²) in [7, 11) is 1.57. The Kier molecular flexibility index (Phi) is 5.18. The van der Waals surface area contributed by atoms with Crippen molar-refractivity contribution in [3.05, 3.63) is 89.5 Å². The lowest BCUT2D eigenvalue weighted by atomic mass is 9.90. The monoisotopic (exact) mass is 455 g/mol. The Labute approximate surface area is 200 Å². The largest absolute Gasteiger partial charge is 0.504 e. The molecular weight excluding hydrogens is 426 g/mol. The average molecular weight is 456 g/mol. The average Bonchev–Trinajstić information content (AvgIpc) is 3.33. The molecule has 0 unspecified atom stereocenters. The van der Waals surface area contributed by atoms with Crippen LogP contribution in [0.25, 0.3) is 0 Å². The molecule has 3 aromatic rings. The fraction of sp³-hybridized carbons (Fsp3) is 0.321. The molecule has 6 rings (SSSR count). The Balaban J connectivity index is 1.30. The summed E-state index contributed by atoms with van der Waals surface area (Å²) in [5.41, 5.74) is 4.04. The highest BCUT2D eigenvalue weighted by Crippen LogP contribution is 2.50. The van der Waals surface area contributed by atoms with Crippen LogP contribution in [0.2, 0.25) is 0 Å². The van der Waals surface area contributed by atoms with E-state index in [4.69, 9.17) is 14.6 Å². The van der Waals surface area contributed by atoms with Gasteiger partial charge in [0.25, 0.3) is 0 Å². The maximum atomic E-state index is 10.0. The van der Waals surface area contributed by atoms with E-state index in [1.54, 1.807) is 13.2 Å². The van der Waals surface area contributed by atoms with Gasteiger partial charge in [-0.25, -0.2) is 5.01 Å². The zero-order chi connectivity index (χ0) is 23.1. The van der Waals surface area contributed by atoms with Gasteiger partial charge in [0.1, 0.15) is 5.75 Å². The minimum atomic E-state index is -0.449. The van der Waals surface area contributed by atoms with Crippen LogP contribution in [0, 0.1) is 0 Å². The van der Waals surface area contributed by atoms with E-state index >= 15 is 0 Å². The summed E-state index contributed by atoms with van der Waals surface area (Å²) in [4.78, 5) is 2.50. The fourth-order valence-electron chi connectivity index (χ4n) is 5.49. The summed E-state index contributed by atoms with van der Waals surface area (Å²) in [6.07, 6.45) is 2.57. The maximum Gasteiger partial charge on any atom is 0.200 e. The number of piperidine rings is 1. The van der Waals surface area contributed by atoms with E-state index in [2.05, 4.69) is 58.4 Å². The minimum absolute atomic E-state index is 0.138. The molecule has 1 atom stereocenters. The summed E-state index contributed by atoms with van der Waals surface area (Å²) >= 11 is 0. The standard InChI is InChI=1S/C28H29N3O3/c1-33-27-17-21(11-12-25(27)32)23-18-24-22-9-5-6-10-26(22)34-28(31(24)29-23)13-15-30(16-14-28)19-20-7-3-2-4-8-20/h2-12,17,24,32H,13-16,18-19H2,1H3/t24-/m1/s1. The molecule has 3 heterocycles. The quantitative estimate of drug-likeness (QED) is 0.604. The van der Waals surface area contributed by atoms with Crippen LogP contribution >= 0.6 is 0 Å². The van der Waals surface area contributed by atoms with Gasteiger partial charge in [-0.2, -0.15) is 5.10 Å². The van der Waals surface area contributed by atoms with Crippen molar-refractivity contribution < 1.29 is 14.6 Å². The molecule has 1 fully saturated rings. The van der Waals surface area contributed by atoms with Gasteiger partial charge >= 0.3 is 0 Å².